The van der Waals surface area contributed by atoms with Crippen molar-refractivity contribution in [3.8, 4) is 16.9 Å². The van der Waals surface area contributed by atoms with Gasteiger partial charge in [0, 0.05) is 47.7 Å². The lowest BCUT2D eigenvalue weighted by molar-refractivity contribution is -0.266. The van der Waals surface area contributed by atoms with Crippen molar-refractivity contribution in [2.24, 2.45) is 0 Å². The molecule has 0 aliphatic carbocycles. The van der Waals surface area contributed by atoms with Crippen molar-refractivity contribution in [2.75, 3.05) is 13.6 Å². The second kappa shape index (κ2) is 10.4. The molecule has 2 heterocycles. The number of aromatic nitrogens is 3. The standard InChI is InChI=1S/C29H33F3N4O2/c1-5-36(4)16-19-6-8-25-21(10-19)11-23(35-25)13-28(38,29(30,31)32)17-27(2,3)24-12-20(7-9-26(24)37)22-14-33-18-34-15-22/h6-12,14-15,18,35,37-38H,5,13,16-17H2,1-4H3. The zero-order chi connectivity index (χ0) is 27.7. The van der Waals surface area contributed by atoms with Crippen molar-refractivity contribution in [1.29, 1.82) is 0 Å². The van der Waals surface area contributed by atoms with Crippen LogP contribution < -0.4 is 0 Å². The Labute approximate surface area is 220 Å². The number of aromatic hydroxyl groups is 1. The molecule has 2 aromatic heterocycles. The summed E-state index contributed by atoms with van der Waals surface area (Å²) in [5, 5.41) is 22.6. The Morgan fingerprint density at radius 1 is 0.974 bits per heavy atom. The first-order valence-corrected chi connectivity index (χ1v) is 12.5. The van der Waals surface area contributed by atoms with Gasteiger partial charge < -0.3 is 20.1 Å². The van der Waals surface area contributed by atoms with E-state index in [0.717, 1.165) is 24.0 Å². The summed E-state index contributed by atoms with van der Waals surface area (Å²) >= 11 is 0. The number of rotatable bonds is 9. The number of aromatic amines is 1. The number of nitrogens with one attached hydrogen (secondary N) is 1. The van der Waals surface area contributed by atoms with Gasteiger partial charge in [0.05, 0.1) is 0 Å². The molecule has 0 amide bonds. The Bertz CT molecular complexity index is 1400. The number of aliphatic hydroxyl groups is 1. The van der Waals surface area contributed by atoms with Gasteiger partial charge in [-0.05, 0) is 72.3 Å². The number of hydrogen-bond acceptors (Lipinski definition) is 5. The molecule has 0 saturated carbocycles. The number of phenolic OH excluding ortho intramolecular Hbond substituents is 1. The second-order valence-electron chi connectivity index (χ2n) is 10.7. The maximum absolute atomic E-state index is 14.4. The first-order chi connectivity index (χ1) is 17.8. The number of halogens is 3. The van der Waals surface area contributed by atoms with Gasteiger partial charge in [-0.25, -0.2) is 9.97 Å². The molecule has 4 rings (SSSR count). The molecule has 0 spiro atoms. The highest BCUT2D eigenvalue weighted by atomic mass is 19.4. The molecular formula is C29H33F3N4O2. The smallest absolute Gasteiger partial charge is 0.417 e. The van der Waals surface area contributed by atoms with Gasteiger partial charge in [-0.15, -0.1) is 0 Å². The molecule has 2 aromatic carbocycles. The summed E-state index contributed by atoms with van der Waals surface area (Å²) in [7, 11) is 2.00. The third-order valence-corrected chi connectivity index (χ3v) is 7.10. The minimum atomic E-state index is -4.91. The van der Waals surface area contributed by atoms with Crippen molar-refractivity contribution >= 4 is 10.9 Å². The van der Waals surface area contributed by atoms with Crippen molar-refractivity contribution in [3.63, 3.8) is 0 Å². The van der Waals surface area contributed by atoms with Crippen LogP contribution in [0.2, 0.25) is 0 Å². The van der Waals surface area contributed by atoms with Crippen molar-refractivity contribution < 1.29 is 23.4 Å². The zero-order valence-corrected chi connectivity index (χ0v) is 22.0. The number of nitrogens with zero attached hydrogens (tertiary/aromatic N) is 3. The van der Waals surface area contributed by atoms with E-state index in [2.05, 4.69) is 26.8 Å². The maximum Gasteiger partial charge on any atom is 0.417 e. The van der Waals surface area contributed by atoms with Crippen LogP contribution in [0.3, 0.4) is 0 Å². The first-order valence-electron chi connectivity index (χ1n) is 12.5. The molecule has 0 aliphatic heterocycles. The van der Waals surface area contributed by atoms with Crippen LogP contribution in [-0.2, 0) is 18.4 Å². The fourth-order valence-electron chi connectivity index (χ4n) is 4.97. The molecule has 0 bridgehead atoms. The van der Waals surface area contributed by atoms with E-state index < -0.39 is 30.0 Å². The highest BCUT2D eigenvalue weighted by Crippen LogP contribution is 2.45. The SMILES string of the molecule is CCN(C)Cc1ccc2[nH]c(CC(O)(CC(C)(C)c3cc(-c4cncnc4)ccc3O)C(F)(F)F)cc2c1. The van der Waals surface area contributed by atoms with Gasteiger partial charge in [-0.2, -0.15) is 13.2 Å². The van der Waals surface area contributed by atoms with E-state index in [9.17, 15) is 23.4 Å². The Kier molecular flexibility index (Phi) is 7.54. The van der Waals surface area contributed by atoms with Crippen LogP contribution in [0.5, 0.6) is 5.75 Å². The van der Waals surface area contributed by atoms with Gasteiger partial charge in [0.15, 0.2) is 5.60 Å². The van der Waals surface area contributed by atoms with Crippen LogP contribution in [0.25, 0.3) is 22.0 Å². The Morgan fingerprint density at radius 3 is 2.34 bits per heavy atom. The summed E-state index contributed by atoms with van der Waals surface area (Å²) < 4.78 is 43.3. The molecule has 3 N–H and O–H groups in total. The number of phenols is 1. The summed E-state index contributed by atoms with van der Waals surface area (Å²) in [5.41, 5.74) is -0.606. The van der Waals surface area contributed by atoms with E-state index in [0.29, 0.717) is 22.2 Å². The van der Waals surface area contributed by atoms with Gasteiger partial charge in [-0.1, -0.05) is 32.9 Å². The highest BCUT2D eigenvalue weighted by Gasteiger charge is 2.56. The van der Waals surface area contributed by atoms with Gasteiger partial charge in [0.1, 0.15) is 12.1 Å². The Morgan fingerprint density at radius 2 is 1.68 bits per heavy atom. The van der Waals surface area contributed by atoms with E-state index >= 15 is 0 Å². The second-order valence-corrected chi connectivity index (χ2v) is 10.7. The monoisotopic (exact) mass is 526 g/mol. The van der Waals surface area contributed by atoms with Gasteiger partial charge in [0.25, 0.3) is 0 Å². The molecule has 4 aromatic rings. The lowest BCUT2D eigenvalue weighted by Gasteiger charge is -2.38. The number of benzene rings is 2. The van der Waals surface area contributed by atoms with Gasteiger partial charge in [0.2, 0.25) is 0 Å². The van der Waals surface area contributed by atoms with Crippen LogP contribution in [-0.4, -0.2) is 55.4 Å². The molecule has 0 saturated heterocycles. The molecule has 1 unspecified atom stereocenters. The minimum absolute atomic E-state index is 0.143. The van der Waals surface area contributed by atoms with E-state index in [4.69, 9.17) is 0 Å². The summed E-state index contributed by atoms with van der Waals surface area (Å²) in [4.78, 5) is 13.2. The van der Waals surface area contributed by atoms with Crippen LogP contribution in [0.15, 0.2) is 61.2 Å². The lowest BCUT2D eigenvalue weighted by Crippen LogP contribution is -2.50. The van der Waals surface area contributed by atoms with Gasteiger partial charge in [-0.3, -0.25) is 0 Å². The molecule has 0 fully saturated rings. The molecule has 6 nitrogen and oxygen atoms in total. The number of hydrogen-bond donors (Lipinski definition) is 3. The van der Waals surface area contributed by atoms with E-state index in [-0.39, 0.29) is 11.4 Å². The molecular weight excluding hydrogens is 493 g/mol. The van der Waals surface area contributed by atoms with E-state index in [1.807, 2.05) is 25.2 Å². The molecule has 9 heteroatoms. The average Bonchev–Trinajstić information content (AvgIpc) is 3.24. The topological polar surface area (TPSA) is 85.3 Å². The predicted octanol–water partition coefficient (Wildman–Crippen LogP) is 5.99. The quantitative estimate of drug-likeness (QED) is 0.250. The number of fused-ring (bicyclic) bond motifs is 1. The molecule has 1 atom stereocenters. The highest BCUT2D eigenvalue weighted by molar-refractivity contribution is 5.81. The van der Waals surface area contributed by atoms with Crippen molar-refractivity contribution in [2.45, 2.75) is 57.3 Å². The van der Waals surface area contributed by atoms with Crippen LogP contribution in [0.4, 0.5) is 13.2 Å². The van der Waals surface area contributed by atoms with Crippen LogP contribution >= 0.6 is 0 Å². The normalized spacial score (nSPS) is 14.2. The fraction of sp³-hybridized carbons (Fsp3) is 0.379. The van der Waals surface area contributed by atoms with Crippen LogP contribution in [0.1, 0.15) is 44.0 Å². The predicted molar refractivity (Wildman–Crippen MR) is 142 cm³/mol. The molecule has 38 heavy (non-hydrogen) atoms. The Hall–Kier alpha value is -3.43. The number of H-pyrrole nitrogens is 1. The average molecular weight is 527 g/mol. The largest absolute Gasteiger partial charge is 0.508 e. The van der Waals surface area contributed by atoms with Crippen molar-refractivity contribution in [3.05, 3.63) is 78.0 Å². The third-order valence-electron chi connectivity index (χ3n) is 7.10. The van der Waals surface area contributed by atoms with E-state index in [1.165, 1.54) is 12.4 Å². The van der Waals surface area contributed by atoms with E-state index in [1.54, 1.807) is 44.4 Å². The summed E-state index contributed by atoms with van der Waals surface area (Å²) in [5.74, 6) is -0.143. The van der Waals surface area contributed by atoms with Crippen LogP contribution in [0, 0.1) is 0 Å². The molecule has 0 aliphatic rings. The molecule has 202 valence electrons. The zero-order valence-electron chi connectivity index (χ0n) is 22.0. The maximum atomic E-state index is 14.4. The first kappa shape index (κ1) is 27.6. The van der Waals surface area contributed by atoms with Crippen molar-refractivity contribution in [1.82, 2.24) is 19.9 Å². The fourth-order valence-corrected chi connectivity index (χ4v) is 4.97. The molecule has 0 radical (unpaired) electrons. The lowest BCUT2D eigenvalue weighted by atomic mass is 9.72. The third kappa shape index (κ3) is 5.84. The summed E-state index contributed by atoms with van der Waals surface area (Å²) in [6.45, 7) is 6.84. The number of alkyl halides is 3. The Balaban J connectivity index is 1.65. The summed E-state index contributed by atoms with van der Waals surface area (Å²) in [6, 6.07) is 12.1. The minimum Gasteiger partial charge on any atom is -0.508 e. The summed E-state index contributed by atoms with van der Waals surface area (Å²) in [6.07, 6.45) is -1.66. The van der Waals surface area contributed by atoms with Gasteiger partial charge >= 0.3 is 6.18 Å².